The number of pyridine rings is 1. The second kappa shape index (κ2) is 3.84. The molecule has 0 saturated carbocycles. The smallest absolute Gasteiger partial charge is 0.146 e. The molecule has 0 aliphatic carbocycles. The van der Waals surface area contributed by atoms with E-state index < -0.39 is 5.82 Å². The molecule has 3 aromatic rings. The highest BCUT2D eigenvalue weighted by Gasteiger charge is 2.06. The number of nitrogen functional groups attached to an aromatic ring is 1. The van der Waals surface area contributed by atoms with Gasteiger partial charge in [-0.25, -0.2) is 9.37 Å². The molecule has 4 heteroatoms. The predicted octanol–water partition coefficient (Wildman–Crippen LogP) is 3.03. The number of hydrogen-bond donors (Lipinski definition) is 1. The average molecular weight is 241 g/mol. The minimum Gasteiger partial charge on any atom is -0.396 e. The Hall–Kier alpha value is -2.36. The first-order chi connectivity index (χ1) is 8.63. The van der Waals surface area contributed by atoms with Crippen molar-refractivity contribution < 1.29 is 4.39 Å². The van der Waals surface area contributed by atoms with Gasteiger partial charge in [0, 0.05) is 18.0 Å². The first kappa shape index (κ1) is 10.8. The van der Waals surface area contributed by atoms with E-state index in [2.05, 4.69) is 4.98 Å². The van der Waals surface area contributed by atoms with Crippen LogP contribution in [0.2, 0.25) is 0 Å². The summed E-state index contributed by atoms with van der Waals surface area (Å²) >= 11 is 0. The van der Waals surface area contributed by atoms with Gasteiger partial charge >= 0.3 is 0 Å². The number of nitrogens with two attached hydrogens (primary N) is 1. The maximum atomic E-state index is 13.1. The second-order valence-electron chi connectivity index (χ2n) is 4.33. The molecule has 1 aromatic carbocycles. The minimum absolute atomic E-state index is 0.140. The molecule has 90 valence electrons. The maximum Gasteiger partial charge on any atom is 0.146 e. The number of halogens is 1. The quantitative estimate of drug-likeness (QED) is 0.665. The third-order valence-electron chi connectivity index (χ3n) is 2.89. The lowest BCUT2D eigenvalue weighted by Crippen LogP contribution is -1.90. The van der Waals surface area contributed by atoms with Gasteiger partial charge in [-0.05, 0) is 36.8 Å². The molecule has 0 aliphatic rings. The van der Waals surface area contributed by atoms with Crippen LogP contribution in [-0.2, 0) is 0 Å². The lowest BCUT2D eigenvalue weighted by Gasteiger charge is -1.99. The highest BCUT2D eigenvalue weighted by Crippen LogP contribution is 2.23. The Labute approximate surface area is 104 Å². The van der Waals surface area contributed by atoms with Crippen LogP contribution in [0.5, 0.6) is 0 Å². The number of aromatic nitrogens is 2. The average Bonchev–Trinajstić information content (AvgIpc) is 2.75. The lowest BCUT2D eigenvalue weighted by molar-refractivity contribution is 0.632. The van der Waals surface area contributed by atoms with E-state index >= 15 is 0 Å². The summed E-state index contributed by atoms with van der Waals surface area (Å²) in [5.74, 6) is -0.404. The fraction of sp³-hybridized carbons (Fsp3) is 0.0714. The van der Waals surface area contributed by atoms with Crippen LogP contribution in [0.25, 0.3) is 16.9 Å². The van der Waals surface area contributed by atoms with E-state index in [0.717, 1.165) is 22.5 Å². The number of aryl methyl sites for hydroxylation is 1. The van der Waals surface area contributed by atoms with E-state index in [0.29, 0.717) is 0 Å². The summed E-state index contributed by atoms with van der Waals surface area (Å²) in [5, 5.41) is 0. The normalized spacial score (nSPS) is 11.0. The molecule has 0 spiro atoms. The van der Waals surface area contributed by atoms with Gasteiger partial charge in [-0.1, -0.05) is 6.07 Å². The Bertz CT molecular complexity index is 731. The van der Waals surface area contributed by atoms with Crippen molar-refractivity contribution in [3.63, 3.8) is 0 Å². The van der Waals surface area contributed by atoms with Crippen molar-refractivity contribution in [2.45, 2.75) is 6.92 Å². The third kappa shape index (κ3) is 1.72. The zero-order valence-electron chi connectivity index (χ0n) is 9.89. The molecule has 0 saturated heterocycles. The van der Waals surface area contributed by atoms with Crippen LogP contribution >= 0.6 is 0 Å². The molecule has 0 radical (unpaired) electrons. The Morgan fingerprint density at radius 2 is 2.00 bits per heavy atom. The van der Waals surface area contributed by atoms with Crippen LogP contribution in [0.1, 0.15) is 5.56 Å². The Morgan fingerprint density at radius 1 is 1.17 bits per heavy atom. The summed E-state index contributed by atoms with van der Waals surface area (Å²) in [6.45, 7) is 2.02. The van der Waals surface area contributed by atoms with Crippen LogP contribution in [0.15, 0.2) is 42.7 Å². The maximum absolute atomic E-state index is 13.1. The number of fused-ring (bicyclic) bond motifs is 1. The summed E-state index contributed by atoms with van der Waals surface area (Å²) in [6, 6.07) is 8.60. The van der Waals surface area contributed by atoms with Crippen LogP contribution in [0, 0.1) is 12.7 Å². The van der Waals surface area contributed by atoms with Gasteiger partial charge in [-0.3, -0.25) is 0 Å². The number of benzene rings is 1. The molecule has 3 nitrogen and oxygen atoms in total. The zero-order chi connectivity index (χ0) is 12.7. The summed E-state index contributed by atoms with van der Waals surface area (Å²) in [6.07, 6.45) is 3.91. The highest BCUT2D eigenvalue weighted by atomic mass is 19.1. The number of nitrogens with zero attached hydrogens (tertiary/aromatic N) is 2. The van der Waals surface area contributed by atoms with E-state index in [1.807, 2.05) is 35.9 Å². The van der Waals surface area contributed by atoms with Crippen molar-refractivity contribution in [2.24, 2.45) is 0 Å². The van der Waals surface area contributed by atoms with E-state index in [4.69, 9.17) is 5.73 Å². The third-order valence-corrected chi connectivity index (χ3v) is 2.89. The molecule has 0 bridgehead atoms. The van der Waals surface area contributed by atoms with Gasteiger partial charge in [0.05, 0.1) is 11.4 Å². The molecule has 2 aromatic heterocycles. The van der Waals surface area contributed by atoms with E-state index in [1.165, 1.54) is 6.07 Å². The summed E-state index contributed by atoms with van der Waals surface area (Å²) in [7, 11) is 0. The van der Waals surface area contributed by atoms with Crippen LogP contribution in [-0.4, -0.2) is 9.38 Å². The minimum atomic E-state index is -0.404. The second-order valence-corrected chi connectivity index (χ2v) is 4.33. The van der Waals surface area contributed by atoms with Crippen LogP contribution in [0.4, 0.5) is 10.1 Å². The number of anilines is 1. The Balaban J connectivity index is 2.16. The largest absolute Gasteiger partial charge is 0.396 e. The van der Waals surface area contributed by atoms with Crippen molar-refractivity contribution >= 4 is 11.3 Å². The first-order valence-corrected chi connectivity index (χ1v) is 5.64. The number of hydrogen-bond acceptors (Lipinski definition) is 2. The monoisotopic (exact) mass is 241 g/mol. The fourth-order valence-electron chi connectivity index (χ4n) is 1.95. The molecule has 18 heavy (non-hydrogen) atoms. The molecule has 0 fully saturated rings. The summed E-state index contributed by atoms with van der Waals surface area (Å²) in [5.41, 5.74) is 9.32. The SMILES string of the molecule is Cc1ccc2nc(-c3ccc(F)c(N)c3)cn2c1. The molecule has 0 aliphatic heterocycles. The van der Waals surface area contributed by atoms with Gasteiger partial charge in [-0.15, -0.1) is 0 Å². The summed E-state index contributed by atoms with van der Waals surface area (Å²) in [4.78, 5) is 4.48. The first-order valence-electron chi connectivity index (χ1n) is 5.64. The molecular weight excluding hydrogens is 229 g/mol. The van der Waals surface area contributed by atoms with Gasteiger partial charge in [0.25, 0.3) is 0 Å². The van der Waals surface area contributed by atoms with Crippen molar-refractivity contribution in [1.29, 1.82) is 0 Å². The van der Waals surface area contributed by atoms with Gasteiger partial charge in [0.1, 0.15) is 11.5 Å². The number of rotatable bonds is 1. The van der Waals surface area contributed by atoms with E-state index in [-0.39, 0.29) is 5.69 Å². The van der Waals surface area contributed by atoms with Crippen molar-refractivity contribution in [2.75, 3.05) is 5.73 Å². The molecule has 0 atom stereocenters. The Kier molecular flexibility index (Phi) is 2.30. The Morgan fingerprint density at radius 3 is 2.78 bits per heavy atom. The van der Waals surface area contributed by atoms with Gasteiger partial charge in [0.2, 0.25) is 0 Å². The van der Waals surface area contributed by atoms with Crippen LogP contribution < -0.4 is 5.73 Å². The van der Waals surface area contributed by atoms with Crippen molar-refractivity contribution in [3.8, 4) is 11.3 Å². The van der Waals surface area contributed by atoms with Crippen molar-refractivity contribution in [3.05, 3.63) is 54.1 Å². The molecular formula is C14H12FN3. The fourth-order valence-corrected chi connectivity index (χ4v) is 1.95. The zero-order valence-corrected chi connectivity index (χ0v) is 9.89. The predicted molar refractivity (Wildman–Crippen MR) is 69.7 cm³/mol. The topological polar surface area (TPSA) is 43.3 Å². The molecule has 3 rings (SSSR count). The van der Waals surface area contributed by atoms with Crippen molar-refractivity contribution in [1.82, 2.24) is 9.38 Å². The summed E-state index contributed by atoms with van der Waals surface area (Å²) < 4.78 is 15.1. The molecule has 0 amide bonds. The molecule has 0 unspecified atom stereocenters. The molecule has 2 heterocycles. The highest BCUT2D eigenvalue weighted by molar-refractivity contribution is 5.66. The number of imidazole rings is 1. The van der Waals surface area contributed by atoms with Gasteiger partial charge in [0.15, 0.2) is 0 Å². The van der Waals surface area contributed by atoms with Crippen LogP contribution in [0.3, 0.4) is 0 Å². The van der Waals surface area contributed by atoms with E-state index in [9.17, 15) is 4.39 Å². The van der Waals surface area contributed by atoms with E-state index in [1.54, 1.807) is 12.1 Å². The van der Waals surface area contributed by atoms with Gasteiger partial charge in [-0.2, -0.15) is 0 Å². The van der Waals surface area contributed by atoms with Gasteiger partial charge < -0.3 is 10.1 Å². The molecule has 2 N–H and O–H groups in total. The lowest BCUT2D eigenvalue weighted by atomic mass is 10.1. The standard InChI is InChI=1S/C14H12FN3/c1-9-2-5-14-17-13(8-18(14)7-9)10-3-4-11(15)12(16)6-10/h2-8H,16H2,1H3.